The van der Waals surface area contributed by atoms with Crippen molar-refractivity contribution in [3.05, 3.63) is 36.4 Å². The third kappa shape index (κ3) is 4.72. The van der Waals surface area contributed by atoms with Gasteiger partial charge in [-0.15, -0.1) is 6.58 Å². The van der Waals surface area contributed by atoms with Gasteiger partial charge in [-0.25, -0.2) is 13.6 Å². The number of hydrogen-bond donors (Lipinski definition) is 2. The van der Waals surface area contributed by atoms with E-state index in [9.17, 15) is 13.2 Å². The third-order valence-electron chi connectivity index (χ3n) is 2.28. The lowest BCUT2D eigenvalue weighted by molar-refractivity contribution is -0.122. The molecule has 0 radical (unpaired) electrons. The number of carbonyl (C=O) groups excluding carboxylic acids is 1. The van der Waals surface area contributed by atoms with E-state index in [1.807, 2.05) is 0 Å². The lowest BCUT2D eigenvalue weighted by Crippen LogP contribution is -2.28. The number of benzene rings is 1. The Morgan fingerprint density at radius 1 is 1.53 bits per heavy atom. The molecule has 1 amide bonds. The molecule has 0 unspecified atom stereocenters. The maximum absolute atomic E-state index is 11.3. The Balaban J connectivity index is 2.71. The van der Waals surface area contributed by atoms with Gasteiger partial charge in [0.15, 0.2) is 6.61 Å². The normalized spacial score (nSPS) is 10.8. The zero-order valence-corrected chi connectivity index (χ0v) is 11.4. The minimum Gasteiger partial charge on any atom is -0.484 e. The number of amides is 1. The second-order valence-corrected chi connectivity index (χ2v) is 5.42. The molecule has 0 bridgehead atoms. The van der Waals surface area contributed by atoms with Gasteiger partial charge in [-0.3, -0.25) is 4.79 Å². The molecule has 0 fully saturated rings. The topological polar surface area (TPSA) is 98.5 Å². The highest BCUT2D eigenvalue weighted by Crippen LogP contribution is 2.20. The largest absolute Gasteiger partial charge is 0.484 e. The molecule has 1 rings (SSSR count). The third-order valence-corrected chi connectivity index (χ3v) is 3.19. The van der Waals surface area contributed by atoms with Crippen LogP contribution in [0.25, 0.3) is 0 Å². The van der Waals surface area contributed by atoms with Crippen LogP contribution in [-0.4, -0.2) is 27.5 Å². The Labute approximate surface area is 112 Å². The Hall–Kier alpha value is -1.86. The minimum absolute atomic E-state index is 0.00783. The van der Waals surface area contributed by atoms with Gasteiger partial charge in [0.05, 0.1) is 4.90 Å². The van der Waals surface area contributed by atoms with Crippen LogP contribution in [0, 0.1) is 6.92 Å². The standard InChI is InChI=1S/C12H16N2O4S/c1-3-6-14-12(15)8-18-11-5-4-10(7-9(11)2)19(13,16)17/h3-5,7H,1,6,8H2,2H3,(H,14,15)(H2,13,16,17). The summed E-state index contributed by atoms with van der Waals surface area (Å²) >= 11 is 0. The zero-order valence-electron chi connectivity index (χ0n) is 10.5. The first-order chi connectivity index (χ1) is 8.84. The van der Waals surface area contributed by atoms with E-state index < -0.39 is 10.0 Å². The molecule has 0 aliphatic rings. The number of sulfonamides is 1. The first-order valence-electron chi connectivity index (χ1n) is 5.48. The van der Waals surface area contributed by atoms with Crippen molar-refractivity contribution in [1.29, 1.82) is 0 Å². The second-order valence-electron chi connectivity index (χ2n) is 3.85. The first kappa shape index (κ1) is 15.2. The van der Waals surface area contributed by atoms with Gasteiger partial charge in [0.2, 0.25) is 10.0 Å². The van der Waals surface area contributed by atoms with Crippen LogP contribution in [0.5, 0.6) is 5.75 Å². The van der Waals surface area contributed by atoms with Gasteiger partial charge in [0.25, 0.3) is 5.91 Å². The Morgan fingerprint density at radius 2 is 2.21 bits per heavy atom. The average Bonchev–Trinajstić information content (AvgIpc) is 2.33. The van der Waals surface area contributed by atoms with Gasteiger partial charge in [-0.2, -0.15) is 0 Å². The molecule has 6 nitrogen and oxygen atoms in total. The summed E-state index contributed by atoms with van der Waals surface area (Å²) in [5.74, 6) is 0.149. The number of ether oxygens (including phenoxy) is 1. The predicted molar refractivity (Wildman–Crippen MR) is 71.3 cm³/mol. The molecule has 0 saturated heterocycles. The van der Waals surface area contributed by atoms with Crippen molar-refractivity contribution in [2.45, 2.75) is 11.8 Å². The monoisotopic (exact) mass is 284 g/mol. The fourth-order valence-electron chi connectivity index (χ4n) is 1.34. The summed E-state index contributed by atoms with van der Waals surface area (Å²) in [5, 5.41) is 7.57. The summed E-state index contributed by atoms with van der Waals surface area (Å²) in [5.41, 5.74) is 0.586. The molecule has 0 aliphatic heterocycles. The minimum atomic E-state index is -3.73. The molecule has 0 atom stereocenters. The van der Waals surface area contributed by atoms with Crippen molar-refractivity contribution in [3.8, 4) is 5.75 Å². The van der Waals surface area contributed by atoms with Crippen LogP contribution in [-0.2, 0) is 14.8 Å². The summed E-state index contributed by atoms with van der Waals surface area (Å²) in [4.78, 5) is 11.3. The van der Waals surface area contributed by atoms with Gasteiger partial charge in [-0.05, 0) is 30.7 Å². The van der Waals surface area contributed by atoms with Crippen molar-refractivity contribution in [2.24, 2.45) is 5.14 Å². The van der Waals surface area contributed by atoms with Gasteiger partial charge >= 0.3 is 0 Å². The number of hydrogen-bond acceptors (Lipinski definition) is 4. The molecule has 0 aromatic heterocycles. The number of rotatable bonds is 6. The molecule has 0 heterocycles. The summed E-state index contributed by atoms with van der Waals surface area (Å²) in [7, 11) is -3.73. The van der Waals surface area contributed by atoms with Crippen LogP contribution in [0.2, 0.25) is 0 Å². The Bertz CT molecular complexity index is 581. The average molecular weight is 284 g/mol. The molecule has 0 spiro atoms. The van der Waals surface area contributed by atoms with Crippen LogP contribution >= 0.6 is 0 Å². The molecule has 0 saturated carbocycles. The number of nitrogens with one attached hydrogen (secondary N) is 1. The van der Waals surface area contributed by atoms with Crippen molar-refractivity contribution < 1.29 is 17.9 Å². The summed E-state index contributed by atoms with van der Waals surface area (Å²) in [6.45, 7) is 5.36. The fraction of sp³-hybridized carbons (Fsp3) is 0.250. The molecular formula is C12H16N2O4S. The van der Waals surface area contributed by atoms with E-state index in [0.717, 1.165) is 0 Å². The Kier molecular flexibility index (Phi) is 5.08. The molecule has 7 heteroatoms. The van der Waals surface area contributed by atoms with E-state index in [2.05, 4.69) is 11.9 Å². The highest BCUT2D eigenvalue weighted by molar-refractivity contribution is 7.89. The zero-order chi connectivity index (χ0) is 14.5. The first-order valence-corrected chi connectivity index (χ1v) is 7.03. The second kappa shape index (κ2) is 6.35. The van der Waals surface area contributed by atoms with Crippen LogP contribution in [0.4, 0.5) is 0 Å². The van der Waals surface area contributed by atoms with Crippen LogP contribution in [0.15, 0.2) is 35.7 Å². The van der Waals surface area contributed by atoms with E-state index in [1.54, 1.807) is 13.0 Å². The SMILES string of the molecule is C=CCNC(=O)COc1ccc(S(N)(=O)=O)cc1C. The summed E-state index contributed by atoms with van der Waals surface area (Å²) < 4.78 is 27.6. The van der Waals surface area contributed by atoms with Crippen molar-refractivity contribution in [2.75, 3.05) is 13.2 Å². The maximum atomic E-state index is 11.3. The molecule has 0 aliphatic carbocycles. The van der Waals surface area contributed by atoms with E-state index >= 15 is 0 Å². The number of nitrogens with two attached hydrogens (primary N) is 1. The van der Waals surface area contributed by atoms with Gasteiger partial charge in [-0.1, -0.05) is 6.08 Å². The maximum Gasteiger partial charge on any atom is 0.258 e. The summed E-state index contributed by atoms with van der Waals surface area (Å²) in [6, 6.07) is 4.20. The summed E-state index contributed by atoms with van der Waals surface area (Å²) in [6.07, 6.45) is 1.56. The van der Waals surface area contributed by atoms with Crippen molar-refractivity contribution >= 4 is 15.9 Å². The Morgan fingerprint density at radius 3 is 2.74 bits per heavy atom. The molecule has 1 aromatic rings. The van der Waals surface area contributed by atoms with E-state index in [-0.39, 0.29) is 17.4 Å². The van der Waals surface area contributed by atoms with Crippen LogP contribution in [0.1, 0.15) is 5.56 Å². The highest BCUT2D eigenvalue weighted by Gasteiger charge is 2.10. The quantitative estimate of drug-likeness (QED) is 0.735. The lowest BCUT2D eigenvalue weighted by atomic mass is 10.2. The van der Waals surface area contributed by atoms with Crippen molar-refractivity contribution in [3.63, 3.8) is 0 Å². The molecular weight excluding hydrogens is 268 g/mol. The predicted octanol–water partition coefficient (Wildman–Crippen LogP) is 0.323. The molecule has 19 heavy (non-hydrogen) atoms. The van der Waals surface area contributed by atoms with E-state index in [4.69, 9.17) is 9.88 Å². The van der Waals surface area contributed by atoms with E-state index in [0.29, 0.717) is 17.9 Å². The smallest absolute Gasteiger partial charge is 0.258 e. The molecule has 1 aromatic carbocycles. The van der Waals surface area contributed by atoms with E-state index in [1.165, 1.54) is 18.2 Å². The van der Waals surface area contributed by atoms with Gasteiger partial charge in [0, 0.05) is 6.54 Å². The molecule has 104 valence electrons. The number of primary sulfonamides is 1. The molecule has 3 N–H and O–H groups in total. The van der Waals surface area contributed by atoms with Gasteiger partial charge in [0.1, 0.15) is 5.75 Å². The fourth-order valence-corrected chi connectivity index (χ4v) is 1.94. The van der Waals surface area contributed by atoms with Crippen molar-refractivity contribution in [1.82, 2.24) is 5.32 Å². The van der Waals surface area contributed by atoms with Crippen LogP contribution < -0.4 is 15.2 Å². The van der Waals surface area contributed by atoms with Crippen LogP contribution in [0.3, 0.4) is 0 Å². The number of aryl methyl sites for hydroxylation is 1. The van der Waals surface area contributed by atoms with Gasteiger partial charge < -0.3 is 10.1 Å². The highest BCUT2D eigenvalue weighted by atomic mass is 32.2. The number of carbonyl (C=O) groups is 1. The lowest BCUT2D eigenvalue weighted by Gasteiger charge is -2.09.